The van der Waals surface area contributed by atoms with E-state index >= 15 is 0 Å². The first-order valence-electron chi connectivity index (χ1n) is 7.95. The lowest BCUT2D eigenvalue weighted by Gasteiger charge is -2.38. The number of rotatable bonds is 2. The fourth-order valence-electron chi connectivity index (χ4n) is 2.82. The second kappa shape index (κ2) is 6.76. The van der Waals surface area contributed by atoms with Gasteiger partial charge in [0.15, 0.2) is 0 Å². The summed E-state index contributed by atoms with van der Waals surface area (Å²) < 4.78 is 38.6. The third-order valence-electron chi connectivity index (χ3n) is 4.46. The lowest BCUT2D eigenvalue weighted by Crippen LogP contribution is -2.57. The van der Waals surface area contributed by atoms with E-state index in [4.69, 9.17) is 0 Å². The standard InChI is InChI=1S/C17H18F3N3OS/c1-10-11(2)23(7-6-21-10)16(24)14-9-25-15(22-14)12-4-3-5-13(8-12)17(18,19)20/h3-5,8-11,21H,6-7H2,1-2H3. The lowest BCUT2D eigenvalue weighted by molar-refractivity contribution is -0.137. The molecular weight excluding hydrogens is 351 g/mol. The number of halogens is 3. The van der Waals surface area contributed by atoms with E-state index < -0.39 is 11.7 Å². The first-order chi connectivity index (χ1) is 11.8. The van der Waals surface area contributed by atoms with Gasteiger partial charge >= 0.3 is 6.18 Å². The molecule has 1 fully saturated rings. The Morgan fingerprint density at radius 3 is 2.84 bits per heavy atom. The summed E-state index contributed by atoms with van der Waals surface area (Å²) in [4.78, 5) is 18.7. The van der Waals surface area contributed by atoms with Crippen LogP contribution in [0.15, 0.2) is 29.6 Å². The van der Waals surface area contributed by atoms with Crippen LogP contribution in [-0.4, -0.2) is 41.0 Å². The summed E-state index contributed by atoms with van der Waals surface area (Å²) in [5, 5.41) is 5.32. The van der Waals surface area contributed by atoms with Gasteiger partial charge in [-0.05, 0) is 26.0 Å². The average molecular weight is 369 g/mol. The van der Waals surface area contributed by atoms with Crippen LogP contribution in [0, 0.1) is 0 Å². The molecule has 1 aromatic carbocycles. The summed E-state index contributed by atoms with van der Waals surface area (Å²) in [5.41, 5.74) is -0.0865. The Bertz CT molecular complexity index is 774. The number of carbonyl (C=O) groups excluding carboxylic acids is 1. The minimum absolute atomic E-state index is 0.0277. The van der Waals surface area contributed by atoms with Crippen LogP contribution in [0.25, 0.3) is 10.6 Å². The van der Waals surface area contributed by atoms with Gasteiger partial charge in [-0.2, -0.15) is 13.2 Å². The monoisotopic (exact) mass is 369 g/mol. The molecule has 8 heteroatoms. The number of thiazole rings is 1. The van der Waals surface area contributed by atoms with Gasteiger partial charge in [0.2, 0.25) is 0 Å². The Balaban J connectivity index is 1.84. The van der Waals surface area contributed by atoms with Gasteiger partial charge in [0.1, 0.15) is 10.7 Å². The Labute approximate surface area is 147 Å². The molecule has 0 saturated carbocycles. The first kappa shape index (κ1) is 17.9. The number of carbonyl (C=O) groups is 1. The maximum absolute atomic E-state index is 12.9. The molecule has 1 aliphatic heterocycles. The Morgan fingerprint density at radius 2 is 2.12 bits per heavy atom. The van der Waals surface area contributed by atoms with Crippen LogP contribution in [-0.2, 0) is 6.18 Å². The highest BCUT2D eigenvalue weighted by atomic mass is 32.1. The van der Waals surface area contributed by atoms with E-state index in [2.05, 4.69) is 10.3 Å². The van der Waals surface area contributed by atoms with Gasteiger partial charge in [-0.15, -0.1) is 11.3 Å². The highest BCUT2D eigenvalue weighted by molar-refractivity contribution is 7.13. The van der Waals surface area contributed by atoms with Gasteiger partial charge in [0.05, 0.1) is 5.56 Å². The molecule has 1 N–H and O–H groups in total. The van der Waals surface area contributed by atoms with E-state index in [0.29, 0.717) is 23.7 Å². The molecule has 1 aliphatic rings. The summed E-state index contributed by atoms with van der Waals surface area (Å²) in [6, 6.07) is 5.20. The summed E-state index contributed by atoms with van der Waals surface area (Å²) in [6.07, 6.45) is -4.40. The molecule has 1 aromatic heterocycles. The zero-order valence-electron chi connectivity index (χ0n) is 13.8. The molecule has 2 aromatic rings. The third kappa shape index (κ3) is 3.69. The molecule has 25 heavy (non-hydrogen) atoms. The van der Waals surface area contributed by atoms with Crippen molar-refractivity contribution in [1.82, 2.24) is 15.2 Å². The van der Waals surface area contributed by atoms with Crippen molar-refractivity contribution in [1.29, 1.82) is 0 Å². The number of hydrogen-bond acceptors (Lipinski definition) is 4. The third-order valence-corrected chi connectivity index (χ3v) is 5.35. The summed E-state index contributed by atoms with van der Waals surface area (Å²) in [6.45, 7) is 5.27. The highest BCUT2D eigenvalue weighted by Crippen LogP contribution is 2.33. The number of piperazine rings is 1. The van der Waals surface area contributed by atoms with Crippen molar-refractivity contribution in [2.24, 2.45) is 0 Å². The Hall–Kier alpha value is -1.93. The van der Waals surface area contributed by atoms with Gasteiger partial charge in [-0.3, -0.25) is 4.79 Å². The van der Waals surface area contributed by atoms with Crippen LogP contribution >= 0.6 is 11.3 Å². The maximum atomic E-state index is 12.9. The van der Waals surface area contributed by atoms with E-state index in [0.717, 1.165) is 12.1 Å². The zero-order valence-corrected chi connectivity index (χ0v) is 14.6. The predicted octanol–water partition coefficient (Wildman–Crippen LogP) is 3.65. The lowest BCUT2D eigenvalue weighted by atomic mass is 10.1. The summed E-state index contributed by atoms with van der Waals surface area (Å²) >= 11 is 1.17. The molecule has 134 valence electrons. The molecular formula is C17H18F3N3OS. The molecule has 0 spiro atoms. The number of benzene rings is 1. The molecule has 1 amide bonds. The van der Waals surface area contributed by atoms with E-state index in [9.17, 15) is 18.0 Å². The fraction of sp³-hybridized carbons (Fsp3) is 0.412. The molecule has 0 aliphatic carbocycles. The largest absolute Gasteiger partial charge is 0.416 e. The number of amides is 1. The summed E-state index contributed by atoms with van der Waals surface area (Å²) in [7, 11) is 0. The quantitative estimate of drug-likeness (QED) is 0.879. The summed E-state index contributed by atoms with van der Waals surface area (Å²) in [5.74, 6) is -0.185. The molecule has 2 heterocycles. The SMILES string of the molecule is CC1NCCN(C(=O)c2csc(-c3cccc(C(F)(F)F)c3)n2)C1C. The van der Waals surface area contributed by atoms with Gasteiger partial charge in [-0.25, -0.2) is 4.98 Å². The van der Waals surface area contributed by atoms with Gasteiger partial charge in [-0.1, -0.05) is 12.1 Å². The second-order valence-electron chi connectivity index (χ2n) is 6.10. The normalized spacial score (nSPS) is 21.4. The van der Waals surface area contributed by atoms with Crippen molar-refractivity contribution >= 4 is 17.2 Å². The minimum atomic E-state index is -4.40. The maximum Gasteiger partial charge on any atom is 0.416 e. The van der Waals surface area contributed by atoms with Gasteiger partial charge in [0, 0.05) is 36.1 Å². The minimum Gasteiger partial charge on any atom is -0.332 e. The number of nitrogens with one attached hydrogen (secondary N) is 1. The molecule has 0 bridgehead atoms. The second-order valence-corrected chi connectivity index (χ2v) is 6.96. The highest BCUT2D eigenvalue weighted by Gasteiger charge is 2.32. The number of alkyl halides is 3. The van der Waals surface area contributed by atoms with Crippen molar-refractivity contribution in [3.05, 3.63) is 40.9 Å². The van der Waals surface area contributed by atoms with Crippen LogP contribution in [0.5, 0.6) is 0 Å². The van der Waals surface area contributed by atoms with Crippen LogP contribution in [0.2, 0.25) is 0 Å². The molecule has 4 nitrogen and oxygen atoms in total. The molecule has 2 atom stereocenters. The number of nitrogens with zero attached hydrogens (tertiary/aromatic N) is 2. The van der Waals surface area contributed by atoms with E-state index in [1.54, 1.807) is 16.3 Å². The molecule has 1 saturated heterocycles. The topological polar surface area (TPSA) is 45.2 Å². The van der Waals surface area contributed by atoms with Crippen LogP contribution in [0.4, 0.5) is 13.2 Å². The molecule has 3 rings (SSSR count). The van der Waals surface area contributed by atoms with Crippen molar-refractivity contribution in [3.8, 4) is 10.6 Å². The Kier molecular flexibility index (Phi) is 4.83. The molecule has 2 unspecified atom stereocenters. The average Bonchev–Trinajstić information content (AvgIpc) is 3.06. The number of hydrogen-bond donors (Lipinski definition) is 1. The number of aromatic nitrogens is 1. The fourth-order valence-corrected chi connectivity index (χ4v) is 3.61. The van der Waals surface area contributed by atoms with Crippen LogP contribution in [0.3, 0.4) is 0 Å². The Morgan fingerprint density at radius 1 is 1.36 bits per heavy atom. The first-order valence-corrected chi connectivity index (χ1v) is 8.83. The van der Waals surface area contributed by atoms with Crippen LogP contribution in [0.1, 0.15) is 29.9 Å². The zero-order chi connectivity index (χ0) is 18.2. The molecule has 0 radical (unpaired) electrons. The van der Waals surface area contributed by atoms with Gasteiger partial charge in [0.25, 0.3) is 5.91 Å². The van der Waals surface area contributed by atoms with E-state index in [-0.39, 0.29) is 23.7 Å². The predicted molar refractivity (Wildman–Crippen MR) is 90.5 cm³/mol. The van der Waals surface area contributed by atoms with Crippen molar-refractivity contribution in [3.63, 3.8) is 0 Å². The van der Waals surface area contributed by atoms with Crippen molar-refractivity contribution in [2.75, 3.05) is 13.1 Å². The van der Waals surface area contributed by atoms with Gasteiger partial charge < -0.3 is 10.2 Å². The van der Waals surface area contributed by atoms with E-state index in [1.165, 1.54) is 17.4 Å². The van der Waals surface area contributed by atoms with Crippen LogP contribution < -0.4 is 5.32 Å². The van der Waals surface area contributed by atoms with Crippen molar-refractivity contribution in [2.45, 2.75) is 32.1 Å². The van der Waals surface area contributed by atoms with Crippen molar-refractivity contribution < 1.29 is 18.0 Å². The smallest absolute Gasteiger partial charge is 0.332 e. The van der Waals surface area contributed by atoms with E-state index in [1.807, 2.05) is 13.8 Å².